The summed E-state index contributed by atoms with van der Waals surface area (Å²) in [6.07, 6.45) is 3.67. The normalized spacial score (nSPS) is 12.9. The molecule has 0 aliphatic heterocycles. The van der Waals surface area contributed by atoms with E-state index in [0.29, 0.717) is 6.04 Å². The molecule has 1 unspecified atom stereocenters. The number of aryl methyl sites for hydroxylation is 1. The van der Waals surface area contributed by atoms with Crippen LogP contribution in [0.15, 0.2) is 34.9 Å². The van der Waals surface area contributed by atoms with Gasteiger partial charge in [0.1, 0.15) is 5.76 Å². The maximum absolute atomic E-state index is 5.93. The standard InChI is InChI=1S/C12H14ClNOS/c1-14-10(11-6-7-12(13)16-11)5-4-9-3-2-8-15-9/h2-3,6-8,10,14H,4-5H2,1H3. The highest BCUT2D eigenvalue weighted by atomic mass is 35.5. The molecule has 1 atom stereocenters. The third-order valence-corrected chi connectivity index (χ3v) is 3.89. The van der Waals surface area contributed by atoms with Gasteiger partial charge < -0.3 is 9.73 Å². The van der Waals surface area contributed by atoms with E-state index < -0.39 is 0 Å². The average Bonchev–Trinajstić information content (AvgIpc) is 2.91. The summed E-state index contributed by atoms with van der Waals surface area (Å²) in [5.74, 6) is 1.03. The van der Waals surface area contributed by atoms with E-state index in [1.807, 2.05) is 25.2 Å². The highest BCUT2D eigenvalue weighted by Crippen LogP contribution is 2.29. The molecular formula is C12H14ClNOS. The van der Waals surface area contributed by atoms with Crippen LogP contribution in [0.1, 0.15) is 23.1 Å². The summed E-state index contributed by atoms with van der Waals surface area (Å²) in [7, 11) is 1.97. The maximum atomic E-state index is 5.93. The van der Waals surface area contributed by atoms with Gasteiger partial charge in [-0.1, -0.05) is 11.6 Å². The molecule has 0 saturated carbocycles. The van der Waals surface area contributed by atoms with Crippen LogP contribution < -0.4 is 5.32 Å². The minimum Gasteiger partial charge on any atom is -0.469 e. The average molecular weight is 256 g/mol. The van der Waals surface area contributed by atoms with Crippen LogP contribution in [-0.4, -0.2) is 7.05 Å². The summed E-state index contributed by atoms with van der Waals surface area (Å²) in [6, 6.07) is 8.30. The lowest BCUT2D eigenvalue weighted by molar-refractivity contribution is 0.472. The second-order valence-electron chi connectivity index (χ2n) is 3.60. The SMILES string of the molecule is CNC(CCc1ccco1)c1ccc(Cl)s1. The van der Waals surface area contributed by atoms with E-state index in [1.165, 1.54) is 4.88 Å². The number of furan rings is 1. The maximum Gasteiger partial charge on any atom is 0.103 e. The van der Waals surface area contributed by atoms with E-state index in [1.54, 1.807) is 17.6 Å². The molecule has 0 bridgehead atoms. The molecular weight excluding hydrogens is 242 g/mol. The molecule has 0 saturated heterocycles. The van der Waals surface area contributed by atoms with Crippen molar-refractivity contribution in [3.05, 3.63) is 45.5 Å². The molecule has 2 aromatic heterocycles. The quantitative estimate of drug-likeness (QED) is 0.877. The van der Waals surface area contributed by atoms with Crippen LogP contribution in [-0.2, 0) is 6.42 Å². The Balaban J connectivity index is 1.96. The third kappa shape index (κ3) is 2.88. The van der Waals surface area contributed by atoms with E-state index in [0.717, 1.165) is 22.9 Å². The lowest BCUT2D eigenvalue weighted by Gasteiger charge is -2.13. The second kappa shape index (κ2) is 5.53. The predicted molar refractivity (Wildman–Crippen MR) is 68.2 cm³/mol. The Kier molecular flexibility index (Phi) is 4.04. The van der Waals surface area contributed by atoms with Crippen molar-refractivity contribution in [2.24, 2.45) is 0 Å². The van der Waals surface area contributed by atoms with Crippen molar-refractivity contribution in [2.75, 3.05) is 7.05 Å². The van der Waals surface area contributed by atoms with Crippen LogP contribution in [0.4, 0.5) is 0 Å². The van der Waals surface area contributed by atoms with Crippen molar-refractivity contribution in [1.29, 1.82) is 0 Å². The third-order valence-electron chi connectivity index (χ3n) is 2.55. The zero-order chi connectivity index (χ0) is 11.4. The highest BCUT2D eigenvalue weighted by molar-refractivity contribution is 7.16. The summed E-state index contributed by atoms with van der Waals surface area (Å²) >= 11 is 7.56. The van der Waals surface area contributed by atoms with Gasteiger partial charge >= 0.3 is 0 Å². The van der Waals surface area contributed by atoms with E-state index in [9.17, 15) is 0 Å². The van der Waals surface area contributed by atoms with Gasteiger partial charge in [-0.15, -0.1) is 11.3 Å². The van der Waals surface area contributed by atoms with Gasteiger partial charge in [0.15, 0.2) is 0 Å². The smallest absolute Gasteiger partial charge is 0.103 e. The van der Waals surface area contributed by atoms with E-state index in [4.69, 9.17) is 16.0 Å². The number of thiophene rings is 1. The van der Waals surface area contributed by atoms with Crippen molar-refractivity contribution >= 4 is 22.9 Å². The molecule has 86 valence electrons. The van der Waals surface area contributed by atoms with E-state index >= 15 is 0 Å². The second-order valence-corrected chi connectivity index (χ2v) is 5.35. The Bertz CT molecular complexity index is 424. The minimum absolute atomic E-state index is 0.350. The van der Waals surface area contributed by atoms with Gasteiger partial charge in [0, 0.05) is 17.3 Å². The van der Waals surface area contributed by atoms with Gasteiger partial charge in [-0.25, -0.2) is 0 Å². The van der Waals surface area contributed by atoms with Gasteiger partial charge in [-0.2, -0.15) is 0 Å². The van der Waals surface area contributed by atoms with Crippen LogP contribution in [0.2, 0.25) is 4.34 Å². The molecule has 2 aromatic rings. The van der Waals surface area contributed by atoms with Gasteiger partial charge in [0.2, 0.25) is 0 Å². The first-order valence-corrected chi connectivity index (χ1v) is 6.44. The number of hydrogen-bond acceptors (Lipinski definition) is 3. The first-order chi connectivity index (χ1) is 7.79. The van der Waals surface area contributed by atoms with Crippen LogP contribution in [0.25, 0.3) is 0 Å². The number of hydrogen-bond donors (Lipinski definition) is 1. The molecule has 0 amide bonds. The predicted octanol–water partition coefficient (Wildman–Crippen LogP) is 3.89. The Morgan fingerprint density at radius 1 is 1.44 bits per heavy atom. The molecule has 4 heteroatoms. The molecule has 0 spiro atoms. The molecule has 1 N–H and O–H groups in total. The molecule has 0 aliphatic carbocycles. The Morgan fingerprint density at radius 3 is 2.88 bits per heavy atom. The Labute approximate surface area is 104 Å². The number of rotatable bonds is 5. The molecule has 2 rings (SSSR count). The molecule has 0 radical (unpaired) electrons. The topological polar surface area (TPSA) is 25.2 Å². The van der Waals surface area contributed by atoms with E-state index in [2.05, 4.69) is 11.4 Å². The zero-order valence-corrected chi connectivity index (χ0v) is 10.6. The van der Waals surface area contributed by atoms with Crippen LogP contribution in [0.5, 0.6) is 0 Å². The molecule has 16 heavy (non-hydrogen) atoms. The van der Waals surface area contributed by atoms with E-state index in [-0.39, 0.29) is 0 Å². The number of nitrogens with one attached hydrogen (secondary N) is 1. The summed E-state index contributed by atoms with van der Waals surface area (Å²) < 4.78 is 6.16. The molecule has 2 nitrogen and oxygen atoms in total. The fraction of sp³-hybridized carbons (Fsp3) is 0.333. The van der Waals surface area contributed by atoms with Gasteiger partial charge in [-0.05, 0) is 37.7 Å². The Hall–Kier alpha value is -0.770. The molecule has 0 fully saturated rings. The van der Waals surface area contributed by atoms with Gasteiger partial charge in [-0.3, -0.25) is 0 Å². The van der Waals surface area contributed by atoms with Crippen molar-refractivity contribution in [3.8, 4) is 0 Å². The van der Waals surface area contributed by atoms with Gasteiger partial charge in [0.05, 0.1) is 10.6 Å². The monoisotopic (exact) mass is 255 g/mol. The molecule has 0 aliphatic rings. The first-order valence-electron chi connectivity index (χ1n) is 5.24. The van der Waals surface area contributed by atoms with Crippen molar-refractivity contribution in [1.82, 2.24) is 5.32 Å². The summed E-state index contributed by atoms with van der Waals surface area (Å²) in [6.45, 7) is 0. The van der Waals surface area contributed by atoms with Crippen LogP contribution >= 0.6 is 22.9 Å². The van der Waals surface area contributed by atoms with Crippen LogP contribution in [0, 0.1) is 0 Å². The minimum atomic E-state index is 0.350. The fourth-order valence-corrected chi connectivity index (χ4v) is 2.89. The van der Waals surface area contributed by atoms with Crippen molar-refractivity contribution in [2.45, 2.75) is 18.9 Å². The highest BCUT2D eigenvalue weighted by Gasteiger charge is 2.12. The lowest BCUT2D eigenvalue weighted by Crippen LogP contribution is -2.15. The first kappa shape index (κ1) is 11.7. The largest absolute Gasteiger partial charge is 0.469 e. The van der Waals surface area contributed by atoms with Crippen molar-refractivity contribution < 1.29 is 4.42 Å². The summed E-state index contributed by atoms with van der Waals surface area (Å²) in [5.41, 5.74) is 0. The zero-order valence-electron chi connectivity index (χ0n) is 9.07. The summed E-state index contributed by atoms with van der Waals surface area (Å²) in [4.78, 5) is 1.28. The Morgan fingerprint density at radius 2 is 2.31 bits per heavy atom. The molecule has 2 heterocycles. The van der Waals surface area contributed by atoms with Gasteiger partial charge in [0.25, 0.3) is 0 Å². The number of halogens is 1. The van der Waals surface area contributed by atoms with Crippen LogP contribution in [0.3, 0.4) is 0 Å². The fourth-order valence-electron chi connectivity index (χ4n) is 1.69. The summed E-state index contributed by atoms with van der Waals surface area (Å²) in [5, 5.41) is 3.30. The molecule has 0 aromatic carbocycles. The lowest BCUT2D eigenvalue weighted by atomic mass is 10.1. The van der Waals surface area contributed by atoms with Crippen molar-refractivity contribution in [3.63, 3.8) is 0 Å².